The van der Waals surface area contributed by atoms with E-state index < -0.39 is 17.2 Å². The largest absolute Gasteiger partial charge is 0.466 e. The fourth-order valence-corrected chi connectivity index (χ4v) is 5.34. The standard InChI is InChI=1S/C30H25F3N4O4/c1-3-41-26(38)12-29(16-40-17-29)20-5-7-22(8-6-20)37-27-23-11-18(19-10-21(14-34-13-19)30(31,32)33)4-9-24(23)35-15-25(27)36(2)28(37)39/h4-11,13-15H,3,12,16-17H2,1-2H3. The van der Waals surface area contributed by atoms with E-state index in [9.17, 15) is 22.8 Å². The summed E-state index contributed by atoms with van der Waals surface area (Å²) in [5, 5.41) is 0.602. The van der Waals surface area contributed by atoms with Crippen LogP contribution in [0.1, 0.15) is 24.5 Å². The van der Waals surface area contributed by atoms with Gasteiger partial charge in [0, 0.05) is 30.4 Å². The van der Waals surface area contributed by atoms with Crippen molar-refractivity contribution in [3.05, 3.63) is 88.7 Å². The number of carbonyl (C=O) groups excluding carboxylic acids is 1. The summed E-state index contributed by atoms with van der Waals surface area (Å²) in [5.41, 5.74) is 2.38. The Morgan fingerprint density at radius 3 is 2.46 bits per heavy atom. The summed E-state index contributed by atoms with van der Waals surface area (Å²) >= 11 is 0. The molecule has 1 saturated heterocycles. The van der Waals surface area contributed by atoms with Gasteiger partial charge in [-0.05, 0) is 48.4 Å². The number of aryl methyl sites for hydroxylation is 1. The van der Waals surface area contributed by atoms with Crippen molar-refractivity contribution in [2.45, 2.75) is 24.9 Å². The van der Waals surface area contributed by atoms with Crippen LogP contribution < -0.4 is 5.69 Å². The fourth-order valence-electron chi connectivity index (χ4n) is 5.34. The van der Waals surface area contributed by atoms with E-state index in [4.69, 9.17) is 9.47 Å². The lowest BCUT2D eigenvalue weighted by molar-refractivity contribution is -0.151. The Balaban J connectivity index is 1.47. The van der Waals surface area contributed by atoms with E-state index in [1.165, 1.54) is 10.8 Å². The minimum absolute atomic E-state index is 0.192. The van der Waals surface area contributed by atoms with Crippen LogP contribution in [0.15, 0.2) is 71.9 Å². The summed E-state index contributed by atoms with van der Waals surface area (Å²) < 4.78 is 53.7. The van der Waals surface area contributed by atoms with Gasteiger partial charge in [0.1, 0.15) is 0 Å². The Morgan fingerprint density at radius 2 is 1.80 bits per heavy atom. The molecule has 1 aliphatic rings. The molecule has 0 aliphatic carbocycles. The number of hydrogen-bond acceptors (Lipinski definition) is 6. The van der Waals surface area contributed by atoms with Gasteiger partial charge in [0.25, 0.3) is 0 Å². The van der Waals surface area contributed by atoms with Crippen molar-refractivity contribution >= 4 is 27.9 Å². The lowest BCUT2D eigenvalue weighted by Crippen LogP contribution is -2.48. The molecule has 5 aromatic rings. The average molecular weight is 563 g/mol. The first-order valence-electron chi connectivity index (χ1n) is 13.0. The number of imidazole rings is 1. The predicted molar refractivity (Wildman–Crippen MR) is 146 cm³/mol. The maximum atomic E-state index is 13.5. The van der Waals surface area contributed by atoms with Gasteiger partial charge in [0.15, 0.2) is 0 Å². The molecule has 0 N–H and O–H groups in total. The number of rotatable bonds is 6. The molecule has 6 rings (SSSR count). The molecule has 4 heterocycles. The van der Waals surface area contributed by atoms with Crippen LogP contribution in [-0.2, 0) is 32.9 Å². The highest BCUT2D eigenvalue weighted by Gasteiger charge is 2.42. The number of fused-ring (bicyclic) bond motifs is 3. The normalized spacial score (nSPS) is 14.8. The van der Waals surface area contributed by atoms with Gasteiger partial charge in [-0.25, -0.2) is 4.79 Å². The Hall–Kier alpha value is -4.51. The maximum absolute atomic E-state index is 13.5. The van der Waals surface area contributed by atoms with Gasteiger partial charge in [-0.3, -0.25) is 23.9 Å². The number of carbonyl (C=O) groups is 1. The monoisotopic (exact) mass is 562 g/mol. The highest BCUT2D eigenvalue weighted by molar-refractivity contribution is 6.04. The first-order chi connectivity index (χ1) is 19.6. The van der Waals surface area contributed by atoms with Gasteiger partial charge in [-0.15, -0.1) is 0 Å². The second-order valence-corrected chi connectivity index (χ2v) is 10.2. The summed E-state index contributed by atoms with van der Waals surface area (Å²) in [6.07, 6.45) is -0.568. The van der Waals surface area contributed by atoms with E-state index in [0.717, 1.165) is 17.8 Å². The molecule has 210 valence electrons. The second kappa shape index (κ2) is 9.84. The molecular weight excluding hydrogens is 537 g/mol. The quantitative estimate of drug-likeness (QED) is 0.265. The number of halogens is 3. The highest BCUT2D eigenvalue weighted by atomic mass is 19.4. The van der Waals surface area contributed by atoms with Gasteiger partial charge in [-0.1, -0.05) is 18.2 Å². The number of ether oxygens (including phenoxy) is 2. The Bertz CT molecular complexity index is 1850. The Morgan fingerprint density at radius 1 is 1.05 bits per heavy atom. The van der Waals surface area contributed by atoms with Gasteiger partial charge in [-0.2, -0.15) is 13.2 Å². The average Bonchev–Trinajstić information content (AvgIpc) is 3.20. The van der Waals surface area contributed by atoms with Crippen LogP contribution >= 0.6 is 0 Å². The van der Waals surface area contributed by atoms with Crippen molar-refractivity contribution in [2.24, 2.45) is 7.05 Å². The molecule has 0 saturated carbocycles. The van der Waals surface area contributed by atoms with Gasteiger partial charge in [0.2, 0.25) is 0 Å². The minimum atomic E-state index is -4.53. The van der Waals surface area contributed by atoms with Crippen molar-refractivity contribution in [1.82, 2.24) is 19.1 Å². The van der Waals surface area contributed by atoms with Gasteiger partial charge >= 0.3 is 17.8 Å². The summed E-state index contributed by atoms with van der Waals surface area (Å²) in [7, 11) is 1.64. The topological polar surface area (TPSA) is 88.2 Å². The van der Waals surface area contributed by atoms with E-state index >= 15 is 0 Å². The van der Waals surface area contributed by atoms with Gasteiger partial charge < -0.3 is 9.47 Å². The molecule has 8 nitrogen and oxygen atoms in total. The van der Waals surface area contributed by atoms with E-state index in [1.54, 1.807) is 42.9 Å². The lowest BCUT2D eigenvalue weighted by Gasteiger charge is -2.41. The number of nitrogens with zero attached hydrogens (tertiary/aromatic N) is 4. The zero-order valence-corrected chi connectivity index (χ0v) is 22.2. The molecule has 0 amide bonds. The Kier molecular flexibility index (Phi) is 6.41. The van der Waals surface area contributed by atoms with Crippen LogP contribution in [0.2, 0.25) is 0 Å². The summed E-state index contributed by atoms with van der Waals surface area (Å²) in [6, 6.07) is 13.6. The zero-order chi connectivity index (χ0) is 28.9. The van der Waals surface area contributed by atoms with Crippen LogP contribution in [0.4, 0.5) is 13.2 Å². The third-order valence-corrected chi connectivity index (χ3v) is 7.56. The number of esters is 1. The van der Waals surface area contributed by atoms with E-state index in [0.29, 0.717) is 58.6 Å². The molecule has 3 aromatic heterocycles. The summed E-state index contributed by atoms with van der Waals surface area (Å²) in [5.74, 6) is -0.295. The van der Waals surface area contributed by atoms with Crippen molar-refractivity contribution < 1.29 is 27.4 Å². The molecule has 41 heavy (non-hydrogen) atoms. The van der Waals surface area contributed by atoms with E-state index in [1.807, 2.05) is 24.3 Å². The zero-order valence-electron chi connectivity index (χ0n) is 22.2. The third kappa shape index (κ3) is 4.55. The van der Waals surface area contributed by atoms with E-state index in [2.05, 4.69) is 9.97 Å². The lowest BCUT2D eigenvalue weighted by atomic mass is 9.76. The highest BCUT2D eigenvalue weighted by Crippen LogP contribution is 2.37. The molecule has 0 spiro atoms. The first-order valence-corrected chi connectivity index (χ1v) is 13.0. The first kappa shape index (κ1) is 26.7. The molecule has 1 aliphatic heterocycles. The number of hydrogen-bond donors (Lipinski definition) is 0. The smallest absolute Gasteiger partial charge is 0.417 e. The van der Waals surface area contributed by atoms with Crippen LogP contribution in [-0.4, -0.2) is 44.9 Å². The van der Waals surface area contributed by atoms with Crippen molar-refractivity contribution in [3.63, 3.8) is 0 Å². The van der Waals surface area contributed by atoms with Crippen LogP contribution in [0.5, 0.6) is 0 Å². The molecule has 0 atom stereocenters. The second-order valence-electron chi connectivity index (χ2n) is 10.2. The van der Waals surface area contributed by atoms with Crippen LogP contribution in [0, 0.1) is 0 Å². The molecule has 0 unspecified atom stereocenters. The van der Waals surface area contributed by atoms with Crippen molar-refractivity contribution in [1.29, 1.82) is 0 Å². The van der Waals surface area contributed by atoms with Crippen molar-refractivity contribution in [3.8, 4) is 16.8 Å². The van der Waals surface area contributed by atoms with Crippen LogP contribution in [0.25, 0.3) is 38.8 Å². The third-order valence-electron chi connectivity index (χ3n) is 7.56. The Labute approximate surface area is 232 Å². The minimum Gasteiger partial charge on any atom is -0.466 e. The number of alkyl halides is 3. The number of aromatic nitrogens is 4. The molecular formula is C30H25F3N4O4. The molecule has 11 heteroatoms. The van der Waals surface area contributed by atoms with Crippen LogP contribution in [0.3, 0.4) is 0 Å². The molecule has 2 aromatic carbocycles. The van der Waals surface area contributed by atoms with Gasteiger partial charge in [0.05, 0.1) is 65.7 Å². The summed E-state index contributed by atoms with van der Waals surface area (Å²) in [4.78, 5) is 34.0. The molecule has 0 bridgehead atoms. The molecule has 0 radical (unpaired) electrons. The predicted octanol–water partition coefficient (Wildman–Crippen LogP) is 5.18. The fraction of sp³-hybridized carbons (Fsp3) is 0.267. The van der Waals surface area contributed by atoms with E-state index in [-0.39, 0.29) is 18.1 Å². The summed E-state index contributed by atoms with van der Waals surface area (Å²) in [6.45, 7) is 2.84. The number of benzene rings is 2. The SMILES string of the molecule is CCOC(=O)CC1(c2ccc(-n3c(=O)n(C)c4cnc5ccc(-c6cncc(C(F)(F)F)c6)cc5c43)cc2)COC1. The van der Waals surface area contributed by atoms with Crippen molar-refractivity contribution in [2.75, 3.05) is 19.8 Å². The maximum Gasteiger partial charge on any atom is 0.417 e. The number of pyridine rings is 2. The molecule has 1 fully saturated rings.